The topological polar surface area (TPSA) is 48.2 Å². The predicted octanol–water partition coefficient (Wildman–Crippen LogP) is 4.62. The third-order valence-corrected chi connectivity index (χ3v) is 3.20. The van der Waals surface area contributed by atoms with E-state index in [1.54, 1.807) is 24.3 Å². The van der Waals surface area contributed by atoms with Crippen LogP contribution in [-0.2, 0) is 6.61 Å². The maximum atomic E-state index is 5.88. The Hall–Kier alpha value is -2.04. The van der Waals surface area contributed by atoms with Crippen LogP contribution in [0.3, 0.4) is 0 Å². The molecule has 0 saturated heterocycles. The van der Waals surface area contributed by atoms with Gasteiger partial charge in [0.05, 0.1) is 0 Å². The smallest absolute Gasteiger partial charge is 0.254 e. The predicted molar refractivity (Wildman–Crippen MR) is 80.5 cm³/mol. The minimum absolute atomic E-state index is 0.181. The number of hydrogen-bond acceptors (Lipinski definition) is 4. The van der Waals surface area contributed by atoms with Crippen LogP contribution in [0.15, 0.2) is 52.9 Å². The van der Waals surface area contributed by atoms with Gasteiger partial charge in [0.2, 0.25) is 5.89 Å². The molecule has 0 aliphatic carbocycles. The van der Waals surface area contributed by atoms with Crippen molar-refractivity contribution in [3.63, 3.8) is 0 Å². The van der Waals surface area contributed by atoms with Gasteiger partial charge in [-0.1, -0.05) is 29.3 Å². The summed E-state index contributed by atoms with van der Waals surface area (Å²) < 4.78 is 11.1. The number of aromatic nitrogens is 2. The van der Waals surface area contributed by atoms with Crippen molar-refractivity contribution in [1.29, 1.82) is 0 Å². The lowest BCUT2D eigenvalue weighted by molar-refractivity contribution is 0.264. The van der Waals surface area contributed by atoms with E-state index in [0.29, 0.717) is 27.6 Å². The monoisotopic (exact) mass is 320 g/mol. The average molecular weight is 321 g/mol. The molecule has 2 aromatic carbocycles. The van der Waals surface area contributed by atoms with Crippen LogP contribution in [0.5, 0.6) is 5.75 Å². The number of hydrogen-bond donors (Lipinski definition) is 0. The highest BCUT2D eigenvalue weighted by atomic mass is 35.5. The maximum absolute atomic E-state index is 5.88. The highest BCUT2D eigenvalue weighted by Crippen LogP contribution is 2.21. The highest BCUT2D eigenvalue weighted by Gasteiger charge is 2.09. The summed E-state index contributed by atoms with van der Waals surface area (Å²) in [5.41, 5.74) is 0.806. The summed E-state index contributed by atoms with van der Waals surface area (Å²) in [6.07, 6.45) is 0. The Balaban J connectivity index is 1.69. The number of nitrogens with zero attached hydrogens (tertiary/aromatic N) is 2. The molecule has 3 aromatic rings. The van der Waals surface area contributed by atoms with Gasteiger partial charge in [-0.25, -0.2) is 0 Å². The first-order chi connectivity index (χ1) is 10.2. The first kappa shape index (κ1) is 13.9. The summed E-state index contributed by atoms with van der Waals surface area (Å²) in [4.78, 5) is 0. The number of ether oxygens (including phenoxy) is 1. The van der Waals surface area contributed by atoms with Crippen molar-refractivity contribution in [2.45, 2.75) is 6.61 Å². The van der Waals surface area contributed by atoms with E-state index in [0.717, 1.165) is 5.56 Å². The number of benzene rings is 2. The van der Waals surface area contributed by atoms with E-state index in [2.05, 4.69) is 10.2 Å². The summed E-state index contributed by atoms with van der Waals surface area (Å²) in [6, 6.07) is 14.3. The van der Waals surface area contributed by atoms with Gasteiger partial charge < -0.3 is 9.15 Å². The van der Waals surface area contributed by atoms with Gasteiger partial charge >= 0.3 is 0 Å². The maximum Gasteiger partial charge on any atom is 0.254 e. The van der Waals surface area contributed by atoms with Gasteiger partial charge in [-0.2, -0.15) is 0 Å². The van der Waals surface area contributed by atoms with Gasteiger partial charge in [-0.05, 0) is 42.5 Å². The van der Waals surface area contributed by atoms with Crippen LogP contribution in [0.2, 0.25) is 10.0 Å². The molecule has 0 aliphatic heterocycles. The first-order valence-electron chi connectivity index (χ1n) is 6.17. The van der Waals surface area contributed by atoms with E-state index in [1.807, 2.05) is 24.3 Å². The number of rotatable bonds is 4. The third kappa shape index (κ3) is 3.54. The molecule has 3 rings (SSSR count). The summed E-state index contributed by atoms with van der Waals surface area (Å²) in [6.45, 7) is 0.181. The molecule has 0 atom stereocenters. The second-order valence-corrected chi connectivity index (χ2v) is 5.13. The molecule has 0 unspecified atom stereocenters. The van der Waals surface area contributed by atoms with Crippen molar-refractivity contribution in [3.8, 4) is 17.2 Å². The molecule has 106 valence electrons. The standard InChI is InChI=1S/C15H10Cl2N2O2/c16-11-6-4-10(5-7-11)15-19-18-14(21-15)9-20-13-3-1-2-12(17)8-13/h1-8H,9H2. The molecule has 0 radical (unpaired) electrons. The highest BCUT2D eigenvalue weighted by molar-refractivity contribution is 6.30. The molecule has 0 amide bonds. The van der Waals surface area contributed by atoms with Crippen molar-refractivity contribution in [2.75, 3.05) is 0 Å². The molecule has 1 heterocycles. The lowest BCUT2D eigenvalue weighted by Gasteiger charge is -2.02. The fourth-order valence-corrected chi connectivity index (χ4v) is 2.03. The van der Waals surface area contributed by atoms with Crippen molar-refractivity contribution in [2.24, 2.45) is 0 Å². The zero-order valence-corrected chi connectivity index (χ0v) is 12.3. The Labute approximate surface area is 131 Å². The summed E-state index contributed by atoms with van der Waals surface area (Å²) in [5.74, 6) is 1.46. The van der Waals surface area contributed by atoms with Crippen LogP contribution in [0, 0.1) is 0 Å². The summed E-state index contributed by atoms with van der Waals surface area (Å²) >= 11 is 11.7. The Kier molecular flexibility index (Phi) is 4.08. The van der Waals surface area contributed by atoms with Crippen LogP contribution < -0.4 is 4.74 Å². The van der Waals surface area contributed by atoms with Crippen LogP contribution in [0.1, 0.15) is 5.89 Å². The summed E-state index contributed by atoms with van der Waals surface area (Å²) in [7, 11) is 0. The molecule has 0 fully saturated rings. The van der Waals surface area contributed by atoms with E-state index >= 15 is 0 Å². The Morgan fingerprint density at radius 1 is 0.952 bits per heavy atom. The van der Waals surface area contributed by atoms with Crippen LogP contribution in [0.25, 0.3) is 11.5 Å². The van der Waals surface area contributed by atoms with Crippen molar-refractivity contribution in [1.82, 2.24) is 10.2 Å². The fourth-order valence-electron chi connectivity index (χ4n) is 1.72. The fraction of sp³-hybridized carbons (Fsp3) is 0.0667. The minimum Gasteiger partial charge on any atom is -0.484 e. The van der Waals surface area contributed by atoms with Crippen molar-refractivity contribution >= 4 is 23.2 Å². The van der Waals surface area contributed by atoms with E-state index in [4.69, 9.17) is 32.4 Å². The lowest BCUT2D eigenvalue weighted by atomic mass is 10.2. The van der Waals surface area contributed by atoms with Crippen LogP contribution >= 0.6 is 23.2 Å². The second kappa shape index (κ2) is 6.16. The Bertz CT molecular complexity index is 741. The quantitative estimate of drug-likeness (QED) is 0.703. The van der Waals surface area contributed by atoms with Gasteiger partial charge in [0.15, 0.2) is 6.61 Å². The normalized spacial score (nSPS) is 10.6. The van der Waals surface area contributed by atoms with Crippen molar-refractivity contribution in [3.05, 3.63) is 64.5 Å². The molecule has 1 aromatic heterocycles. The molecule has 21 heavy (non-hydrogen) atoms. The molecule has 4 nitrogen and oxygen atoms in total. The molecular formula is C15H10Cl2N2O2. The first-order valence-corrected chi connectivity index (χ1v) is 6.93. The molecule has 0 N–H and O–H groups in total. The molecule has 0 bridgehead atoms. The largest absolute Gasteiger partial charge is 0.484 e. The van der Waals surface area contributed by atoms with Gasteiger partial charge in [-0.15, -0.1) is 10.2 Å². The van der Waals surface area contributed by atoms with Crippen LogP contribution in [-0.4, -0.2) is 10.2 Å². The van der Waals surface area contributed by atoms with E-state index < -0.39 is 0 Å². The van der Waals surface area contributed by atoms with Gasteiger partial charge in [0.1, 0.15) is 5.75 Å². The Morgan fingerprint density at radius 3 is 2.52 bits per heavy atom. The van der Waals surface area contributed by atoms with E-state index in [-0.39, 0.29) is 6.61 Å². The van der Waals surface area contributed by atoms with Gasteiger partial charge in [0.25, 0.3) is 5.89 Å². The second-order valence-electron chi connectivity index (χ2n) is 4.25. The average Bonchev–Trinajstić information content (AvgIpc) is 2.95. The van der Waals surface area contributed by atoms with Gasteiger partial charge in [-0.3, -0.25) is 0 Å². The SMILES string of the molecule is Clc1ccc(-c2nnc(COc3cccc(Cl)c3)o2)cc1. The zero-order chi connectivity index (χ0) is 14.7. The Morgan fingerprint density at radius 2 is 1.76 bits per heavy atom. The van der Waals surface area contributed by atoms with Crippen molar-refractivity contribution < 1.29 is 9.15 Å². The van der Waals surface area contributed by atoms with E-state index in [9.17, 15) is 0 Å². The molecule has 6 heteroatoms. The van der Waals surface area contributed by atoms with E-state index in [1.165, 1.54) is 0 Å². The zero-order valence-electron chi connectivity index (χ0n) is 10.8. The number of halogens is 2. The molecule has 0 aliphatic rings. The van der Waals surface area contributed by atoms with Gasteiger partial charge in [0, 0.05) is 15.6 Å². The molecule has 0 saturated carbocycles. The molecular weight excluding hydrogens is 311 g/mol. The van der Waals surface area contributed by atoms with Crippen LogP contribution in [0.4, 0.5) is 0 Å². The minimum atomic E-state index is 0.181. The lowest BCUT2D eigenvalue weighted by Crippen LogP contribution is -1.95. The third-order valence-electron chi connectivity index (χ3n) is 2.72. The summed E-state index contributed by atoms with van der Waals surface area (Å²) in [5, 5.41) is 9.19. The molecule has 0 spiro atoms.